The van der Waals surface area contributed by atoms with Gasteiger partial charge in [0.1, 0.15) is 0 Å². The number of ether oxygens (including phenoxy) is 2. The summed E-state index contributed by atoms with van der Waals surface area (Å²) in [6, 6.07) is 10.4. The van der Waals surface area contributed by atoms with E-state index in [0.717, 1.165) is 25.0 Å². The molecule has 1 saturated heterocycles. The Morgan fingerprint density at radius 2 is 2.14 bits per heavy atom. The first-order valence-corrected chi connectivity index (χ1v) is 7.72. The third-order valence-electron chi connectivity index (χ3n) is 3.76. The summed E-state index contributed by atoms with van der Waals surface area (Å²) < 4.78 is 11.2. The zero-order valence-electron chi connectivity index (χ0n) is 13.0. The zero-order valence-corrected chi connectivity index (χ0v) is 13.0. The molecule has 2 rings (SSSR count). The highest BCUT2D eigenvalue weighted by Gasteiger charge is 2.28. The smallest absolute Gasteiger partial charge is 0.0897 e. The zero-order chi connectivity index (χ0) is 15.1. The van der Waals surface area contributed by atoms with E-state index in [4.69, 9.17) is 9.47 Å². The van der Waals surface area contributed by atoms with Crippen LogP contribution in [0.2, 0.25) is 0 Å². The lowest BCUT2D eigenvalue weighted by Crippen LogP contribution is -2.46. The highest BCUT2D eigenvalue weighted by Crippen LogP contribution is 2.23. The molecule has 0 bridgehead atoms. The summed E-state index contributed by atoms with van der Waals surface area (Å²) in [5, 5.41) is 13.4. The van der Waals surface area contributed by atoms with Crippen LogP contribution in [0.15, 0.2) is 30.3 Å². The van der Waals surface area contributed by atoms with Crippen LogP contribution in [0.5, 0.6) is 0 Å². The SMILES string of the molecule is CC1(C)CC(NCC(O)COCc2ccccc2)CCO1. The van der Waals surface area contributed by atoms with Crippen molar-refractivity contribution in [2.75, 3.05) is 19.8 Å². The van der Waals surface area contributed by atoms with Gasteiger partial charge in [-0.05, 0) is 32.3 Å². The molecule has 1 heterocycles. The Morgan fingerprint density at radius 1 is 1.38 bits per heavy atom. The molecule has 0 aromatic heterocycles. The van der Waals surface area contributed by atoms with Gasteiger partial charge in [-0.25, -0.2) is 0 Å². The number of hydrogen-bond donors (Lipinski definition) is 2. The quantitative estimate of drug-likeness (QED) is 0.808. The maximum atomic E-state index is 9.97. The van der Waals surface area contributed by atoms with Gasteiger partial charge in [0.05, 0.1) is 24.9 Å². The van der Waals surface area contributed by atoms with Crippen molar-refractivity contribution in [1.82, 2.24) is 5.32 Å². The lowest BCUT2D eigenvalue weighted by molar-refractivity contribution is -0.0648. The Morgan fingerprint density at radius 3 is 2.86 bits per heavy atom. The van der Waals surface area contributed by atoms with Crippen molar-refractivity contribution in [1.29, 1.82) is 0 Å². The third kappa shape index (κ3) is 6.14. The maximum Gasteiger partial charge on any atom is 0.0897 e. The van der Waals surface area contributed by atoms with E-state index in [-0.39, 0.29) is 5.60 Å². The highest BCUT2D eigenvalue weighted by atomic mass is 16.5. The predicted octanol–water partition coefficient (Wildman–Crippen LogP) is 2.11. The first-order valence-electron chi connectivity index (χ1n) is 7.72. The van der Waals surface area contributed by atoms with Crippen LogP contribution in [0, 0.1) is 0 Å². The van der Waals surface area contributed by atoms with Gasteiger partial charge in [0.2, 0.25) is 0 Å². The summed E-state index contributed by atoms with van der Waals surface area (Å²) in [6.45, 7) is 6.47. The van der Waals surface area contributed by atoms with E-state index >= 15 is 0 Å². The van der Waals surface area contributed by atoms with Crippen LogP contribution in [0.1, 0.15) is 32.3 Å². The molecule has 4 nitrogen and oxygen atoms in total. The van der Waals surface area contributed by atoms with Crippen LogP contribution < -0.4 is 5.32 Å². The molecule has 2 N–H and O–H groups in total. The van der Waals surface area contributed by atoms with Gasteiger partial charge < -0.3 is 19.9 Å². The Bertz CT molecular complexity index is 408. The standard InChI is InChI=1S/C17H27NO3/c1-17(2)10-15(8-9-21-17)18-11-16(19)13-20-12-14-6-4-3-5-7-14/h3-7,15-16,18-19H,8-13H2,1-2H3. The van der Waals surface area contributed by atoms with Gasteiger partial charge in [0.25, 0.3) is 0 Å². The summed E-state index contributed by atoms with van der Waals surface area (Å²) in [5.74, 6) is 0. The Kier molecular flexibility index (Phi) is 6.18. The first-order chi connectivity index (χ1) is 10.1. The summed E-state index contributed by atoms with van der Waals surface area (Å²) in [7, 11) is 0. The molecule has 0 aliphatic carbocycles. The van der Waals surface area contributed by atoms with Gasteiger partial charge in [-0.3, -0.25) is 0 Å². The molecule has 1 aromatic rings. The maximum absolute atomic E-state index is 9.97. The van der Waals surface area contributed by atoms with E-state index in [1.165, 1.54) is 0 Å². The molecule has 1 aromatic carbocycles. The molecule has 4 heteroatoms. The molecule has 2 atom stereocenters. The monoisotopic (exact) mass is 293 g/mol. The second kappa shape index (κ2) is 7.90. The third-order valence-corrected chi connectivity index (χ3v) is 3.76. The molecule has 2 unspecified atom stereocenters. The number of aliphatic hydroxyl groups is 1. The molecule has 1 aliphatic heterocycles. The van der Waals surface area contributed by atoms with Gasteiger partial charge in [-0.15, -0.1) is 0 Å². The fraction of sp³-hybridized carbons (Fsp3) is 0.647. The van der Waals surface area contributed by atoms with Crippen LogP contribution in [0.3, 0.4) is 0 Å². The van der Waals surface area contributed by atoms with Crippen molar-refractivity contribution < 1.29 is 14.6 Å². The Hall–Kier alpha value is -0.940. The molecule has 0 saturated carbocycles. The van der Waals surface area contributed by atoms with Crippen molar-refractivity contribution in [2.24, 2.45) is 0 Å². The van der Waals surface area contributed by atoms with Gasteiger partial charge in [-0.1, -0.05) is 30.3 Å². The second-order valence-electron chi connectivity index (χ2n) is 6.36. The van der Waals surface area contributed by atoms with Gasteiger partial charge in [-0.2, -0.15) is 0 Å². The lowest BCUT2D eigenvalue weighted by Gasteiger charge is -2.36. The summed E-state index contributed by atoms with van der Waals surface area (Å²) in [4.78, 5) is 0. The second-order valence-corrected chi connectivity index (χ2v) is 6.36. The van der Waals surface area contributed by atoms with E-state index in [0.29, 0.717) is 25.8 Å². The molecule has 1 fully saturated rings. The van der Waals surface area contributed by atoms with Gasteiger partial charge >= 0.3 is 0 Å². The van der Waals surface area contributed by atoms with Crippen LogP contribution in [-0.4, -0.2) is 42.6 Å². The van der Waals surface area contributed by atoms with E-state index < -0.39 is 6.10 Å². The minimum Gasteiger partial charge on any atom is -0.389 e. The van der Waals surface area contributed by atoms with Crippen LogP contribution in [0.4, 0.5) is 0 Å². The summed E-state index contributed by atoms with van der Waals surface area (Å²) in [5.41, 5.74) is 1.06. The van der Waals surface area contributed by atoms with Crippen molar-refractivity contribution in [2.45, 2.75) is 51.0 Å². The topological polar surface area (TPSA) is 50.7 Å². The highest BCUT2D eigenvalue weighted by molar-refractivity contribution is 5.13. The Labute approximate surface area is 127 Å². The fourth-order valence-electron chi connectivity index (χ4n) is 2.65. The van der Waals surface area contributed by atoms with Crippen LogP contribution in [-0.2, 0) is 16.1 Å². The largest absolute Gasteiger partial charge is 0.389 e. The first kappa shape index (κ1) is 16.4. The van der Waals surface area contributed by atoms with E-state index in [2.05, 4.69) is 19.2 Å². The average molecular weight is 293 g/mol. The van der Waals surface area contributed by atoms with Gasteiger partial charge in [0.15, 0.2) is 0 Å². The minimum atomic E-state index is -0.473. The molecular formula is C17H27NO3. The van der Waals surface area contributed by atoms with Crippen molar-refractivity contribution in [3.8, 4) is 0 Å². The van der Waals surface area contributed by atoms with E-state index in [1.54, 1.807) is 0 Å². The fourth-order valence-corrected chi connectivity index (χ4v) is 2.65. The minimum absolute atomic E-state index is 0.0648. The molecule has 21 heavy (non-hydrogen) atoms. The summed E-state index contributed by atoms with van der Waals surface area (Å²) in [6.07, 6.45) is 1.51. The molecule has 1 aliphatic rings. The van der Waals surface area contributed by atoms with E-state index in [1.807, 2.05) is 30.3 Å². The number of benzene rings is 1. The number of aliphatic hydroxyl groups excluding tert-OH is 1. The van der Waals surface area contributed by atoms with E-state index in [9.17, 15) is 5.11 Å². The number of rotatable bonds is 7. The average Bonchev–Trinajstić information content (AvgIpc) is 2.45. The van der Waals surface area contributed by atoms with Crippen molar-refractivity contribution in [3.05, 3.63) is 35.9 Å². The molecule has 0 amide bonds. The van der Waals surface area contributed by atoms with Gasteiger partial charge in [0, 0.05) is 19.2 Å². The molecular weight excluding hydrogens is 266 g/mol. The van der Waals surface area contributed by atoms with Crippen LogP contribution in [0.25, 0.3) is 0 Å². The molecule has 0 radical (unpaired) electrons. The molecule has 118 valence electrons. The lowest BCUT2D eigenvalue weighted by atomic mass is 9.94. The van der Waals surface area contributed by atoms with Crippen molar-refractivity contribution >= 4 is 0 Å². The number of hydrogen-bond acceptors (Lipinski definition) is 4. The normalized spacial score (nSPS) is 22.9. The number of nitrogens with one attached hydrogen (secondary N) is 1. The van der Waals surface area contributed by atoms with Crippen LogP contribution >= 0.6 is 0 Å². The predicted molar refractivity (Wildman–Crippen MR) is 83.2 cm³/mol. The molecule has 0 spiro atoms. The summed E-state index contributed by atoms with van der Waals surface area (Å²) >= 11 is 0. The Balaban J connectivity index is 1.60. The van der Waals surface area contributed by atoms with Crippen molar-refractivity contribution in [3.63, 3.8) is 0 Å².